The molecule has 102 valence electrons. The molecule has 0 bridgehead atoms. The van der Waals surface area contributed by atoms with Gasteiger partial charge in [-0.3, -0.25) is 0 Å². The van der Waals surface area contributed by atoms with Gasteiger partial charge in [0.25, 0.3) is 0 Å². The molecule has 3 nitrogen and oxygen atoms in total. The average Bonchev–Trinajstić information content (AvgIpc) is 2.86. The summed E-state index contributed by atoms with van der Waals surface area (Å²) in [6.07, 6.45) is 2.45. The number of hydrogen-bond donors (Lipinski definition) is 1. The van der Waals surface area contributed by atoms with E-state index in [0.29, 0.717) is 12.5 Å². The predicted molar refractivity (Wildman–Crippen MR) is 74.3 cm³/mol. The average molecular weight is 259 g/mol. The molecule has 2 aliphatic heterocycles. The number of allylic oxidation sites excluding steroid dienone is 1. The fraction of sp³-hybridized carbons (Fsp3) is 0.500. The zero-order valence-electron chi connectivity index (χ0n) is 11.5. The molecule has 1 unspecified atom stereocenters. The second kappa shape index (κ2) is 4.99. The largest absolute Gasteiger partial charge is 0.366 e. The third-order valence-electron chi connectivity index (χ3n) is 4.09. The first-order chi connectivity index (χ1) is 9.18. The zero-order chi connectivity index (χ0) is 13.4. The second-order valence-electron chi connectivity index (χ2n) is 5.64. The van der Waals surface area contributed by atoms with Gasteiger partial charge in [0.1, 0.15) is 0 Å². The SMILES string of the molecule is CC(C)C1=CC[C@H]2C(O)OC[C@H](c3ccccc3)N12. The summed E-state index contributed by atoms with van der Waals surface area (Å²) in [4.78, 5) is 2.37. The van der Waals surface area contributed by atoms with E-state index in [4.69, 9.17) is 4.74 Å². The summed E-state index contributed by atoms with van der Waals surface area (Å²) >= 11 is 0. The van der Waals surface area contributed by atoms with Gasteiger partial charge in [-0.1, -0.05) is 50.3 Å². The maximum absolute atomic E-state index is 10.0. The minimum absolute atomic E-state index is 0.0661. The number of benzene rings is 1. The molecule has 0 saturated carbocycles. The number of hydrogen-bond acceptors (Lipinski definition) is 3. The van der Waals surface area contributed by atoms with Crippen LogP contribution in [0.2, 0.25) is 0 Å². The Kier molecular flexibility index (Phi) is 3.33. The lowest BCUT2D eigenvalue weighted by atomic mass is 10.0. The van der Waals surface area contributed by atoms with E-state index in [9.17, 15) is 5.11 Å². The van der Waals surface area contributed by atoms with Crippen LogP contribution in [0.15, 0.2) is 42.1 Å². The summed E-state index contributed by atoms with van der Waals surface area (Å²) < 4.78 is 5.57. The van der Waals surface area contributed by atoms with E-state index in [1.54, 1.807) is 0 Å². The summed E-state index contributed by atoms with van der Waals surface area (Å²) in [5, 5.41) is 10.0. The molecule has 1 saturated heterocycles. The molecule has 2 heterocycles. The van der Waals surface area contributed by atoms with Crippen LogP contribution in [0, 0.1) is 5.92 Å². The lowest BCUT2D eigenvalue weighted by Crippen LogP contribution is -2.50. The molecular weight excluding hydrogens is 238 g/mol. The zero-order valence-corrected chi connectivity index (χ0v) is 11.5. The molecule has 1 fully saturated rings. The molecular formula is C16H21NO2. The molecule has 3 rings (SSSR count). The monoisotopic (exact) mass is 259 g/mol. The first kappa shape index (κ1) is 12.7. The standard InChI is InChI=1S/C16H21NO2/c1-11(2)13-8-9-14-16(18)19-10-15(17(13)14)12-6-4-3-5-7-12/h3-8,11,14-16,18H,9-10H2,1-2H3/t14-,15+,16?/m0/s1. The van der Waals surface area contributed by atoms with Crippen molar-refractivity contribution in [3.05, 3.63) is 47.7 Å². The van der Waals surface area contributed by atoms with E-state index in [1.807, 2.05) is 6.07 Å². The van der Waals surface area contributed by atoms with Gasteiger partial charge in [0, 0.05) is 5.70 Å². The molecule has 0 aromatic heterocycles. The summed E-state index contributed by atoms with van der Waals surface area (Å²) in [7, 11) is 0. The van der Waals surface area contributed by atoms with E-state index < -0.39 is 6.29 Å². The third-order valence-corrected chi connectivity index (χ3v) is 4.09. The Bertz CT molecular complexity index is 469. The number of aliphatic hydroxyl groups excluding tert-OH is 1. The molecule has 3 atom stereocenters. The van der Waals surface area contributed by atoms with Crippen LogP contribution in [-0.2, 0) is 4.74 Å². The Morgan fingerprint density at radius 1 is 1.26 bits per heavy atom. The molecule has 1 N–H and O–H groups in total. The first-order valence-electron chi connectivity index (χ1n) is 7.01. The highest BCUT2D eigenvalue weighted by molar-refractivity contribution is 5.25. The second-order valence-corrected chi connectivity index (χ2v) is 5.64. The maximum Gasteiger partial charge on any atom is 0.175 e. The molecule has 3 heteroatoms. The van der Waals surface area contributed by atoms with Crippen molar-refractivity contribution in [3.8, 4) is 0 Å². The lowest BCUT2D eigenvalue weighted by Gasteiger charge is -2.44. The number of aliphatic hydroxyl groups is 1. The van der Waals surface area contributed by atoms with Gasteiger partial charge in [0.2, 0.25) is 0 Å². The highest BCUT2D eigenvalue weighted by atomic mass is 16.6. The Balaban J connectivity index is 1.94. The van der Waals surface area contributed by atoms with Crippen molar-refractivity contribution in [1.29, 1.82) is 0 Å². The van der Waals surface area contributed by atoms with E-state index in [2.05, 4.69) is 49.1 Å². The Morgan fingerprint density at radius 2 is 2.00 bits per heavy atom. The number of morpholine rings is 1. The Hall–Kier alpha value is -1.32. The molecule has 2 aliphatic rings. The van der Waals surface area contributed by atoms with Gasteiger partial charge in [0.15, 0.2) is 6.29 Å². The van der Waals surface area contributed by atoms with Crippen LogP contribution < -0.4 is 0 Å². The predicted octanol–water partition coefficient (Wildman–Crippen LogP) is 2.69. The molecule has 0 radical (unpaired) electrons. The topological polar surface area (TPSA) is 32.7 Å². The van der Waals surface area contributed by atoms with Gasteiger partial charge < -0.3 is 14.7 Å². The smallest absolute Gasteiger partial charge is 0.175 e. The molecule has 0 spiro atoms. The molecule has 1 aromatic rings. The van der Waals surface area contributed by atoms with Gasteiger partial charge in [-0.2, -0.15) is 0 Å². The molecule has 0 aliphatic carbocycles. The summed E-state index contributed by atoms with van der Waals surface area (Å²) in [5.41, 5.74) is 2.59. The minimum Gasteiger partial charge on any atom is -0.366 e. The highest BCUT2D eigenvalue weighted by Gasteiger charge is 2.42. The lowest BCUT2D eigenvalue weighted by molar-refractivity contribution is -0.188. The van der Waals surface area contributed by atoms with Crippen LogP contribution >= 0.6 is 0 Å². The quantitative estimate of drug-likeness (QED) is 0.886. The van der Waals surface area contributed by atoms with Crippen molar-refractivity contribution in [3.63, 3.8) is 0 Å². The van der Waals surface area contributed by atoms with Gasteiger partial charge in [-0.05, 0) is 17.9 Å². The fourth-order valence-electron chi connectivity index (χ4n) is 3.16. The van der Waals surface area contributed by atoms with Crippen molar-refractivity contribution in [2.45, 2.75) is 38.6 Å². The van der Waals surface area contributed by atoms with Gasteiger partial charge in [0.05, 0.1) is 18.7 Å². The molecule has 19 heavy (non-hydrogen) atoms. The van der Waals surface area contributed by atoms with Gasteiger partial charge >= 0.3 is 0 Å². The van der Waals surface area contributed by atoms with Crippen molar-refractivity contribution in [2.75, 3.05) is 6.61 Å². The summed E-state index contributed by atoms with van der Waals surface area (Å²) in [5.74, 6) is 0.474. The first-order valence-corrected chi connectivity index (χ1v) is 7.01. The Morgan fingerprint density at radius 3 is 2.68 bits per heavy atom. The van der Waals surface area contributed by atoms with E-state index in [0.717, 1.165) is 6.42 Å². The van der Waals surface area contributed by atoms with Crippen LogP contribution in [0.25, 0.3) is 0 Å². The van der Waals surface area contributed by atoms with Gasteiger partial charge in [-0.25, -0.2) is 0 Å². The van der Waals surface area contributed by atoms with Crippen LogP contribution in [0.3, 0.4) is 0 Å². The van der Waals surface area contributed by atoms with E-state index in [-0.39, 0.29) is 12.1 Å². The van der Waals surface area contributed by atoms with Gasteiger partial charge in [-0.15, -0.1) is 0 Å². The maximum atomic E-state index is 10.0. The molecule has 0 amide bonds. The van der Waals surface area contributed by atoms with Crippen LogP contribution in [0.5, 0.6) is 0 Å². The van der Waals surface area contributed by atoms with Crippen molar-refractivity contribution < 1.29 is 9.84 Å². The number of ether oxygens (including phenoxy) is 1. The number of rotatable bonds is 2. The van der Waals surface area contributed by atoms with E-state index in [1.165, 1.54) is 11.3 Å². The normalized spacial score (nSPS) is 30.4. The molecule has 1 aromatic carbocycles. The van der Waals surface area contributed by atoms with Crippen LogP contribution in [-0.4, -0.2) is 28.9 Å². The van der Waals surface area contributed by atoms with E-state index >= 15 is 0 Å². The summed E-state index contributed by atoms with van der Waals surface area (Å²) in [6, 6.07) is 10.7. The number of nitrogens with zero attached hydrogens (tertiary/aromatic N) is 1. The fourth-order valence-corrected chi connectivity index (χ4v) is 3.16. The van der Waals surface area contributed by atoms with Crippen LogP contribution in [0.1, 0.15) is 31.9 Å². The Labute approximate surface area is 114 Å². The van der Waals surface area contributed by atoms with Crippen molar-refractivity contribution in [2.24, 2.45) is 5.92 Å². The van der Waals surface area contributed by atoms with Crippen LogP contribution in [0.4, 0.5) is 0 Å². The highest BCUT2D eigenvalue weighted by Crippen LogP contribution is 2.40. The third kappa shape index (κ3) is 2.17. The minimum atomic E-state index is -0.674. The number of fused-ring (bicyclic) bond motifs is 1. The van der Waals surface area contributed by atoms with Crippen molar-refractivity contribution >= 4 is 0 Å². The summed E-state index contributed by atoms with van der Waals surface area (Å²) in [6.45, 7) is 4.96. The van der Waals surface area contributed by atoms with Crippen molar-refractivity contribution in [1.82, 2.24) is 4.90 Å².